The van der Waals surface area contributed by atoms with Crippen molar-refractivity contribution in [3.05, 3.63) is 70.8 Å². The summed E-state index contributed by atoms with van der Waals surface area (Å²) in [5, 5.41) is 0. The summed E-state index contributed by atoms with van der Waals surface area (Å²) < 4.78 is 10.4. The maximum absolute atomic E-state index is 11.8. The summed E-state index contributed by atoms with van der Waals surface area (Å²) >= 11 is 0. The van der Waals surface area contributed by atoms with E-state index in [1.807, 2.05) is 38.1 Å². The van der Waals surface area contributed by atoms with Gasteiger partial charge in [0, 0.05) is 0 Å². The largest absolute Gasteiger partial charge is 0.462 e. The molecule has 2 aromatic rings. The number of hydrogen-bond donors (Lipinski definition) is 0. The molecule has 36 heavy (non-hydrogen) atoms. The highest BCUT2D eigenvalue weighted by Crippen LogP contribution is 2.10. The molecule has 0 spiro atoms. The van der Waals surface area contributed by atoms with E-state index in [2.05, 4.69) is 20.8 Å². The Balaban J connectivity index is -0.000000373. The van der Waals surface area contributed by atoms with E-state index < -0.39 is 0 Å². The van der Waals surface area contributed by atoms with Gasteiger partial charge in [0.2, 0.25) is 0 Å². The van der Waals surface area contributed by atoms with Gasteiger partial charge in [-0.15, -0.1) is 0 Å². The molecule has 0 fully saturated rings. The van der Waals surface area contributed by atoms with Crippen LogP contribution in [0.25, 0.3) is 0 Å². The summed E-state index contributed by atoms with van der Waals surface area (Å²) in [6, 6.07) is 14.5. The monoisotopic (exact) mass is 504 g/mol. The lowest BCUT2D eigenvalue weighted by molar-refractivity contribution is 0.0432. The van der Waals surface area contributed by atoms with Crippen molar-refractivity contribution in [2.75, 3.05) is 13.2 Å². The minimum Gasteiger partial charge on any atom is -0.462 e. The summed E-state index contributed by atoms with van der Waals surface area (Å²) in [6.45, 7) is 11.4. The number of esters is 2. The van der Waals surface area contributed by atoms with E-state index in [1.165, 1.54) is 25.7 Å². The molecule has 0 radical (unpaired) electrons. The van der Waals surface area contributed by atoms with Gasteiger partial charge in [0.15, 0.2) is 0 Å². The van der Waals surface area contributed by atoms with Crippen LogP contribution >= 0.6 is 0 Å². The van der Waals surface area contributed by atoms with Crippen LogP contribution in [0.1, 0.15) is 121 Å². The predicted molar refractivity (Wildman–Crippen MR) is 158 cm³/mol. The number of ether oxygens (including phenoxy) is 2. The minimum absolute atomic E-state index is 0. The molecule has 0 heterocycles. The predicted octanol–water partition coefficient (Wildman–Crippen LogP) is 9.86. The van der Waals surface area contributed by atoms with Gasteiger partial charge in [-0.2, -0.15) is 0 Å². The number of unbranched alkanes of at least 4 members (excludes halogenated alkanes) is 2. The van der Waals surface area contributed by atoms with Crippen LogP contribution in [0.4, 0.5) is 0 Å². The molecule has 2 rings (SSSR count). The highest BCUT2D eigenvalue weighted by Gasteiger charge is 2.08. The van der Waals surface area contributed by atoms with Gasteiger partial charge in [-0.1, -0.05) is 112 Å². The van der Waals surface area contributed by atoms with E-state index >= 15 is 0 Å². The van der Waals surface area contributed by atoms with Crippen molar-refractivity contribution in [2.24, 2.45) is 5.92 Å². The lowest BCUT2D eigenvalue weighted by Crippen LogP contribution is -2.09. The molecule has 0 bridgehead atoms. The number of carbonyl (C=O) groups is 2. The van der Waals surface area contributed by atoms with Crippen LogP contribution in [0.15, 0.2) is 48.5 Å². The Labute approximate surface area is 223 Å². The first-order chi connectivity index (χ1) is 15.4. The van der Waals surface area contributed by atoms with Gasteiger partial charge in [-0.25, -0.2) is 9.59 Å². The highest BCUT2D eigenvalue weighted by molar-refractivity contribution is 5.89. The Kier molecular flexibility index (Phi) is 27.1. The second-order valence-corrected chi connectivity index (χ2v) is 8.37. The summed E-state index contributed by atoms with van der Waals surface area (Å²) in [4.78, 5) is 23.6. The van der Waals surface area contributed by atoms with Crippen molar-refractivity contribution >= 4 is 11.9 Å². The molecular formula is C32H56O4. The van der Waals surface area contributed by atoms with Crippen LogP contribution in [0.5, 0.6) is 0 Å². The van der Waals surface area contributed by atoms with Gasteiger partial charge >= 0.3 is 11.9 Å². The van der Waals surface area contributed by atoms with Gasteiger partial charge in [0.1, 0.15) is 0 Å². The summed E-state index contributed by atoms with van der Waals surface area (Å²) in [7, 11) is 0. The quantitative estimate of drug-likeness (QED) is 0.226. The average molecular weight is 505 g/mol. The molecule has 2 aromatic carbocycles. The molecule has 0 aliphatic carbocycles. The maximum Gasteiger partial charge on any atom is 0.338 e. The van der Waals surface area contributed by atoms with E-state index in [1.54, 1.807) is 24.3 Å². The van der Waals surface area contributed by atoms with E-state index in [4.69, 9.17) is 9.47 Å². The molecule has 0 amide bonds. The third-order valence-corrected chi connectivity index (χ3v) is 5.33. The van der Waals surface area contributed by atoms with Gasteiger partial charge in [0.05, 0.1) is 24.3 Å². The molecule has 0 aliphatic rings. The number of hydrogen-bond acceptors (Lipinski definition) is 4. The topological polar surface area (TPSA) is 52.6 Å². The molecular weight excluding hydrogens is 448 g/mol. The van der Waals surface area contributed by atoms with Gasteiger partial charge in [-0.3, -0.25) is 0 Å². The van der Waals surface area contributed by atoms with Crippen molar-refractivity contribution in [3.8, 4) is 0 Å². The van der Waals surface area contributed by atoms with Crippen LogP contribution in [0.3, 0.4) is 0 Å². The third-order valence-electron chi connectivity index (χ3n) is 5.33. The number of aryl methyl sites for hydroxylation is 2. The number of benzene rings is 2. The standard InChI is InChI=1S/C20H22O4.C8H18.4CH4/c1-15-5-9-17(10-6-15)19(21)23-13-3-4-14-24-20(22)18-11-7-16(2)8-12-18;1-4-6-7-8(3)5-2;;;;/h5-12H,3-4,13-14H2,1-2H3;8H,4-7H2,1-3H3;4*1H4. The highest BCUT2D eigenvalue weighted by atomic mass is 16.5. The smallest absolute Gasteiger partial charge is 0.338 e. The lowest BCUT2D eigenvalue weighted by atomic mass is 10.0. The van der Waals surface area contributed by atoms with Crippen LogP contribution in [-0.2, 0) is 9.47 Å². The molecule has 1 unspecified atom stereocenters. The zero-order valence-corrected chi connectivity index (χ0v) is 20.5. The fourth-order valence-electron chi connectivity index (χ4n) is 2.84. The summed E-state index contributed by atoms with van der Waals surface area (Å²) in [5.41, 5.74) is 3.29. The van der Waals surface area contributed by atoms with Crippen molar-refractivity contribution in [1.29, 1.82) is 0 Å². The number of rotatable bonds is 11. The Hall–Kier alpha value is -2.62. The van der Waals surface area contributed by atoms with Crippen molar-refractivity contribution in [3.63, 3.8) is 0 Å². The van der Waals surface area contributed by atoms with Crippen LogP contribution in [0.2, 0.25) is 0 Å². The zero-order chi connectivity index (χ0) is 23.8. The Bertz CT molecular complexity index is 717. The minimum atomic E-state index is -0.327. The lowest BCUT2D eigenvalue weighted by Gasteiger charge is -2.06. The molecule has 0 N–H and O–H groups in total. The fourth-order valence-corrected chi connectivity index (χ4v) is 2.84. The van der Waals surface area contributed by atoms with E-state index in [9.17, 15) is 9.59 Å². The van der Waals surface area contributed by atoms with Crippen LogP contribution < -0.4 is 0 Å². The normalized spacial score (nSPS) is 9.92. The summed E-state index contributed by atoms with van der Waals surface area (Å²) in [6.07, 6.45) is 6.84. The second-order valence-electron chi connectivity index (χ2n) is 8.37. The van der Waals surface area contributed by atoms with E-state index in [0.29, 0.717) is 37.2 Å². The third kappa shape index (κ3) is 17.8. The Morgan fingerprint density at radius 1 is 0.667 bits per heavy atom. The first kappa shape index (κ1) is 40.5. The van der Waals surface area contributed by atoms with Crippen molar-refractivity contribution in [2.45, 2.75) is 103 Å². The van der Waals surface area contributed by atoms with Gasteiger partial charge in [-0.05, 0) is 56.9 Å². The number of carbonyl (C=O) groups excluding carboxylic acids is 2. The first-order valence-electron chi connectivity index (χ1n) is 11.8. The first-order valence-corrected chi connectivity index (χ1v) is 11.8. The molecule has 0 saturated heterocycles. The molecule has 4 nitrogen and oxygen atoms in total. The SMILES string of the molecule is C.C.C.C.CCCCC(C)CC.Cc1ccc(C(=O)OCCCCOC(=O)c2ccc(C)cc2)cc1. The Morgan fingerprint density at radius 2 is 1.03 bits per heavy atom. The van der Waals surface area contributed by atoms with Gasteiger partial charge in [0.25, 0.3) is 0 Å². The molecule has 0 saturated carbocycles. The van der Waals surface area contributed by atoms with E-state index in [-0.39, 0.29) is 41.6 Å². The summed E-state index contributed by atoms with van der Waals surface area (Å²) in [5.74, 6) is 0.299. The van der Waals surface area contributed by atoms with Gasteiger partial charge < -0.3 is 9.47 Å². The molecule has 208 valence electrons. The average Bonchev–Trinajstić information content (AvgIpc) is 2.80. The fraction of sp³-hybridized carbons (Fsp3) is 0.562. The Morgan fingerprint density at radius 3 is 1.33 bits per heavy atom. The molecule has 4 heteroatoms. The molecule has 0 aliphatic heterocycles. The van der Waals surface area contributed by atoms with Crippen LogP contribution in [-0.4, -0.2) is 25.2 Å². The van der Waals surface area contributed by atoms with Crippen molar-refractivity contribution in [1.82, 2.24) is 0 Å². The van der Waals surface area contributed by atoms with E-state index in [0.717, 1.165) is 17.0 Å². The molecule has 0 aromatic heterocycles. The second kappa shape index (κ2) is 24.1. The van der Waals surface area contributed by atoms with Crippen LogP contribution in [0, 0.1) is 19.8 Å². The zero-order valence-electron chi connectivity index (χ0n) is 20.5. The molecule has 1 atom stereocenters. The van der Waals surface area contributed by atoms with Crippen molar-refractivity contribution < 1.29 is 19.1 Å². The maximum atomic E-state index is 11.8.